The van der Waals surface area contributed by atoms with Gasteiger partial charge >= 0.3 is 0 Å². The lowest BCUT2D eigenvalue weighted by molar-refractivity contribution is 0.738. The van der Waals surface area contributed by atoms with Crippen LogP contribution in [0.5, 0.6) is 0 Å². The number of rotatable bonds is 2. The lowest BCUT2D eigenvalue weighted by atomic mass is 10.3. The fourth-order valence-corrected chi connectivity index (χ4v) is 3.61. The lowest BCUT2D eigenvalue weighted by Crippen LogP contribution is -2.05. The number of benzene rings is 1. The van der Waals surface area contributed by atoms with Gasteiger partial charge in [-0.15, -0.1) is 0 Å². The Morgan fingerprint density at radius 3 is 2.94 bits per heavy atom. The summed E-state index contributed by atoms with van der Waals surface area (Å²) in [6.45, 7) is 2.17. The molecule has 2 rings (SSSR count). The second kappa shape index (κ2) is 5.56. The van der Waals surface area contributed by atoms with Crippen LogP contribution in [-0.2, 0) is 0 Å². The van der Waals surface area contributed by atoms with Gasteiger partial charge in [-0.3, -0.25) is 4.99 Å². The first-order valence-electron chi connectivity index (χ1n) is 5.11. The number of nitrogens with zero attached hydrogens (tertiary/aromatic N) is 1. The van der Waals surface area contributed by atoms with Gasteiger partial charge < -0.3 is 5.32 Å². The monoisotopic (exact) mass is 362 g/mol. The fraction of sp³-hybridized carbons (Fsp3) is 0.364. The maximum atomic E-state index is 4.60. The Morgan fingerprint density at radius 1 is 1.50 bits per heavy atom. The van der Waals surface area contributed by atoms with Gasteiger partial charge in [-0.1, -0.05) is 34.6 Å². The van der Waals surface area contributed by atoms with Crippen LogP contribution in [0.3, 0.4) is 0 Å². The molecule has 1 atom stereocenters. The van der Waals surface area contributed by atoms with E-state index >= 15 is 0 Å². The van der Waals surface area contributed by atoms with E-state index in [1.807, 2.05) is 18.2 Å². The largest absolute Gasteiger partial charge is 0.334 e. The van der Waals surface area contributed by atoms with Gasteiger partial charge in [0.25, 0.3) is 0 Å². The summed E-state index contributed by atoms with van der Waals surface area (Å²) in [5.74, 6) is 1.09. The second-order valence-electron chi connectivity index (χ2n) is 3.56. The van der Waals surface area contributed by atoms with Gasteiger partial charge in [0.1, 0.15) is 0 Å². The molecule has 1 aliphatic rings. The van der Waals surface area contributed by atoms with Crippen molar-refractivity contribution in [2.75, 3.05) is 11.1 Å². The highest BCUT2D eigenvalue weighted by atomic mass is 79.9. The smallest absolute Gasteiger partial charge is 0.161 e. The number of hydrogen-bond donors (Lipinski definition) is 1. The van der Waals surface area contributed by atoms with Gasteiger partial charge in [0.05, 0.1) is 11.7 Å². The molecular weight excluding hydrogens is 352 g/mol. The number of amidine groups is 1. The van der Waals surface area contributed by atoms with E-state index in [-0.39, 0.29) is 0 Å². The number of halogens is 2. The van der Waals surface area contributed by atoms with E-state index in [2.05, 4.69) is 49.1 Å². The van der Waals surface area contributed by atoms with E-state index in [1.165, 1.54) is 0 Å². The molecule has 1 unspecified atom stereocenters. The molecule has 0 saturated heterocycles. The summed E-state index contributed by atoms with van der Waals surface area (Å²) in [6.07, 6.45) is 1.11. The maximum Gasteiger partial charge on any atom is 0.161 e. The van der Waals surface area contributed by atoms with Crippen LogP contribution in [-0.4, -0.2) is 17.0 Å². The van der Waals surface area contributed by atoms with Crippen LogP contribution in [0.4, 0.5) is 5.69 Å². The molecule has 0 radical (unpaired) electrons. The Balaban J connectivity index is 2.10. The van der Waals surface area contributed by atoms with Crippen molar-refractivity contribution >= 4 is 54.5 Å². The summed E-state index contributed by atoms with van der Waals surface area (Å²) in [5, 5.41) is 4.37. The normalized spacial score (nSPS) is 19.7. The molecule has 1 aromatic rings. The van der Waals surface area contributed by atoms with Crippen molar-refractivity contribution in [3.8, 4) is 0 Å². The Bertz CT molecular complexity index is 420. The molecule has 5 heteroatoms. The summed E-state index contributed by atoms with van der Waals surface area (Å²) >= 11 is 8.76. The van der Waals surface area contributed by atoms with Crippen LogP contribution in [0.1, 0.15) is 13.3 Å². The van der Waals surface area contributed by atoms with Gasteiger partial charge in [-0.05, 0) is 40.5 Å². The lowest BCUT2D eigenvalue weighted by Gasteiger charge is -2.07. The van der Waals surface area contributed by atoms with Crippen LogP contribution < -0.4 is 5.32 Å². The quantitative estimate of drug-likeness (QED) is 0.836. The molecule has 0 fully saturated rings. The Labute approximate surface area is 117 Å². The average molecular weight is 364 g/mol. The highest BCUT2D eigenvalue weighted by Gasteiger charge is 2.16. The van der Waals surface area contributed by atoms with E-state index in [0.29, 0.717) is 6.04 Å². The Kier molecular flexibility index (Phi) is 4.33. The summed E-state index contributed by atoms with van der Waals surface area (Å²) in [4.78, 5) is 4.60. The molecule has 0 bridgehead atoms. The third-order valence-corrected chi connectivity index (χ3v) is 4.54. The zero-order valence-corrected chi connectivity index (χ0v) is 12.8. The van der Waals surface area contributed by atoms with E-state index in [4.69, 9.17) is 0 Å². The van der Waals surface area contributed by atoms with Crippen molar-refractivity contribution in [1.82, 2.24) is 0 Å². The van der Waals surface area contributed by atoms with Crippen molar-refractivity contribution in [2.24, 2.45) is 4.99 Å². The molecule has 0 aromatic heterocycles. The number of thioether (sulfide) groups is 1. The number of anilines is 1. The van der Waals surface area contributed by atoms with Crippen LogP contribution in [0.2, 0.25) is 0 Å². The van der Waals surface area contributed by atoms with Gasteiger partial charge in [0, 0.05) is 14.7 Å². The topological polar surface area (TPSA) is 24.4 Å². The SMILES string of the molecule is CCC1CSC(Nc2ccc(Br)cc2Br)=N1. The van der Waals surface area contributed by atoms with Crippen molar-refractivity contribution < 1.29 is 0 Å². The van der Waals surface area contributed by atoms with E-state index < -0.39 is 0 Å². The van der Waals surface area contributed by atoms with E-state index in [0.717, 1.165) is 32.0 Å². The van der Waals surface area contributed by atoms with Crippen LogP contribution in [0.25, 0.3) is 0 Å². The molecule has 0 spiro atoms. The minimum Gasteiger partial charge on any atom is -0.334 e. The molecule has 86 valence electrons. The van der Waals surface area contributed by atoms with Crippen LogP contribution >= 0.6 is 43.6 Å². The first-order chi connectivity index (χ1) is 7.69. The van der Waals surface area contributed by atoms with Crippen molar-refractivity contribution in [2.45, 2.75) is 19.4 Å². The molecule has 2 nitrogen and oxygen atoms in total. The molecule has 1 aromatic carbocycles. The maximum absolute atomic E-state index is 4.60. The van der Waals surface area contributed by atoms with Crippen LogP contribution in [0, 0.1) is 0 Å². The molecular formula is C11H12Br2N2S. The summed E-state index contributed by atoms with van der Waals surface area (Å²) in [7, 11) is 0. The van der Waals surface area contributed by atoms with Crippen LogP contribution in [0.15, 0.2) is 32.1 Å². The third kappa shape index (κ3) is 3.02. The molecule has 0 amide bonds. The fourth-order valence-electron chi connectivity index (χ4n) is 1.40. The van der Waals surface area contributed by atoms with E-state index in [1.54, 1.807) is 11.8 Å². The van der Waals surface area contributed by atoms with Crippen molar-refractivity contribution in [3.63, 3.8) is 0 Å². The highest BCUT2D eigenvalue weighted by molar-refractivity contribution is 9.11. The average Bonchev–Trinajstić information content (AvgIpc) is 2.70. The molecule has 1 heterocycles. The number of aliphatic imine (C=N–C) groups is 1. The number of nitrogens with one attached hydrogen (secondary N) is 1. The minimum absolute atomic E-state index is 0.474. The first-order valence-corrected chi connectivity index (χ1v) is 7.69. The van der Waals surface area contributed by atoms with Gasteiger partial charge in [-0.2, -0.15) is 0 Å². The minimum atomic E-state index is 0.474. The van der Waals surface area contributed by atoms with Gasteiger partial charge in [-0.25, -0.2) is 0 Å². The molecule has 0 aliphatic carbocycles. The molecule has 0 saturated carbocycles. The summed E-state index contributed by atoms with van der Waals surface area (Å²) < 4.78 is 2.11. The Hall–Kier alpha value is -0.0000000000000000555. The van der Waals surface area contributed by atoms with E-state index in [9.17, 15) is 0 Å². The zero-order chi connectivity index (χ0) is 11.5. The molecule has 1 N–H and O–H groups in total. The Morgan fingerprint density at radius 2 is 2.31 bits per heavy atom. The number of hydrogen-bond acceptors (Lipinski definition) is 3. The summed E-state index contributed by atoms with van der Waals surface area (Å²) in [6, 6.07) is 6.56. The standard InChI is InChI=1S/C11H12Br2N2S/c1-2-8-6-16-11(14-8)15-10-4-3-7(12)5-9(10)13/h3-5,8H,2,6H2,1H3,(H,14,15). The van der Waals surface area contributed by atoms with Gasteiger partial charge in [0.15, 0.2) is 5.17 Å². The van der Waals surface area contributed by atoms with Crippen molar-refractivity contribution in [1.29, 1.82) is 0 Å². The molecule has 16 heavy (non-hydrogen) atoms. The second-order valence-corrected chi connectivity index (χ2v) is 6.34. The van der Waals surface area contributed by atoms with Crippen molar-refractivity contribution in [3.05, 3.63) is 27.1 Å². The first kappa shape index (κ1) is 12.5. The molecule has 1 aliphatic heterocycles. The zero-order valence-electron chi connectivity index (χ0n) is 8.84. The van der Waals surface area contributed by atoms with Gasteiger partial charge in [0.2, 0.25) is 0 Å². The highest BCUT2D eigenvalue weighted by Crippen LogP contribution is 2.28. The summed E-state index contributed by atoms with van der Waals surface area (Å²) in [5.41, 5.74) is 1.06. The predicted octanol–water partition coefficient (Wildman–Crippen LogP) is 4.50. The predicted molar refractivity (Wildman–Crippen MR) is 79.4 cm³/mol. The third-order valence-electron chi connectivity index (χ3n) is 2.36.